The molecule has 0 bridgehead atoms. The summed E-state index contributed by atoms with van der Waals surface area (Å²) in [5.41, 5.74) is 2.07. The van der Waals surface area contributed by atoms with E-state index in [9.17, 15) is 4.79 Å². The molecule has 1 aromatic carbocycles. The third-order valence-electron chi connectivity index (χ3n) is 4.84. The predicted molar refractivity (Wildman–Crippen MR) is 130 cm³/mol. The first-order chi connectivity index (χ1) is 16.5. The SMILES string of the molecule is CCOC(=O)c1sc(Nc2nc(NCc3ccccn3)c3cc(OC)c(OC)cc3n2)nc1C. The smallest absolute Gasteiger partial charge is 0.350 e. The first-order valence-corrected chi connectivity index (χ1v) is 11.3. The minimum atomic E-state index is -0.403. The van der Waals surface area contributed by atoms with Gasteiger partial charge in [-0.2, -0.15) is 4.98 Å². The molecule has 0 radical (unpaired) electrons. The maximum absolute atomic E-state index is 12.2. The molecule has 176 valence electrons. The number of nitrogens with one attached hydrogen (secondary N) is 2. The van der Waals surface area contributed by atoms with Crippen molar-refractivity contribution < 1.29 is 19.0 Å². The van der Waals surface area contributed by atoms with Crippen LogP contribution in [-0.4, -0.2) is 46.7 Å². The van der Waals surface area contributed by atoms with Crippen molar-refractivity contribution in [2.75, 3.05) is 31.5 Å². The highest BCUT2D eigenvalue weighted by Gasteiger charge is 2.18. The quantitative estimate of drug-likeness (QED) is 0.335. The Balaban J connectivity index is 1.72. The van der Waals surface area contributed by atoms with Gasteiger partial charge < -0.3 is 19.5 Å². The van der Waals surface area contributed by atoms with Gasteiger partial charge in [-0.05, 0) is 32.0 Å². The van der Waals surface area contributed by atoms with E-state index >= 15 is 0 Å². The number of esters is 1. The molecule has 0 unspecified atom stereocenters. The highest BCUT2D eigenvalue weighted by molar-refractivity contribution is 7.17. The van der Waals surface area contributed by atoms with E-state index in [1.165, 1.54) is 11.3 Å². The molecule has 0 aliphatic heterocycles. The van der Waals surface area contributed by atoms with Crippen LogP contribution in [0.25, 0.3) is 10.9 Å². The minimum absolute atomic E-state index is 0.295. The van der Waals surface area contributed by atoms with E-state index in [0.29, 0.717) is 57.6 Å². The molecule has 0 saturated heterocycles. The van der Waals surface area contributed by atoms with Crippen LogP contribution in [0.3, 0.4) is 0 Å². The maximum atomic E-state index is 12.2. The number of carbonyl (C=O) groups excluding carboxylic acids is 1. The second-order valence-electron chi connectivity index (χ2n) is 7.07. The minimum Gasteiger partial charge on any atom is -0.493 e. The molecule has 4 rings (SSSR count). The fraction of sp³-hybridized carbons (Fsp3) is 0.261. The Morgan fingerprint density at radius 1 is 1.09 bits per heavy atom. The van der Waals surface area contributed by atoms with E-state index in [4.69, 9.17) is 14.2 Å². The van der Waals surface area contributed by atoms with Gasteiger partial charge in [0.05, 0.1) is 44.3 Å². The van der Waals surface area contributed by atoms with E-state index in [0.717, 1.165) is 11.1 Å². The fourth-order valence-electron chi connectivity index (χ4n) is 3.25. The molecule has 0 fully saturated rings. The monoisotopic (exact) mass is 480 g/mol. The summed E-state index contributed by atoms with van der Waals surface area (Å²) in [4.78, 5) is 30.7. The number of hydrogen-bond acceptors (Lipinski definition) is 11. The number of benzene rings is 1. The number of thiazole rings is 1. The molecule has 10 nitrogen and oxygen atoms in total. The number of nitrogens with zero attached hydrogens (tertiary/aromatic N) is 4. The molecular weight excluding hydrogens is 456 g/mol. The molecule has 0 saturated carbocycles. The molecule has 3 aromatic heterocycles. The number of aryl methyl sites for hydroxylation is 1. The lowest BCUT2D eigenvalue weighted by molar-refractivity contribution is 0.0531. The highest BCUT2D eigenvalue weighted by atomic mass is 32.1. The molecule has 0 aliphatic rings. The zero-order chi connectivity index (χ0) is 24.1. The summed E-state index contributed by atoms with van der Waals surface area (Å²) < 4.78 is 16.0. The largest absolute Gasteiger partial charge is 0.493 e. The third kappa shape index (κ3) is 4.99. The van der Waals surface area contributed by atoms with E-state index in [1.807, 2.05) is 24.3 Å². The van der Waals surface area contributed by atoms with Crippen LogP contribution in [0.1, 0.15) is 28.0 Å². The van der Waals surface area contributed by atoms with E-state index in [-0.39, 0.29) is 0 Å². The van der Waals surface area contributed by atoms with Gasteiger partial charge in [-0.3, -0.25) is 10.3 Å². The van der Waals surface area contributed by atoms with Crippen molar-refractivity contribution >= 4 is 45.1 Å². The molecular formula is C23H24N6O4S. The summed E-state index contributed by atoms with van der Waals surface area (Å²) >= 11 is 1.19. The van der Waals surface area contributed by atoms with Crippen LogP contribution in [0.5, 0.6) is 11.5 Å². The van der Waals surface area contributed by atoms with Gasteiger partial charge in [0.25, 0.3) is 0 Å². The van der Waals surface area contributed by atoms with Crippen LogP contribution in [0, 0.1) is 6.92 Å². The number of pyridine rings is 1. The van der Waals surface area contributed by atoms with Crippen molar-refractivity contribution in [2.24, 2.45) is 0 Å². The second kappa shape index (κ2) is 10.3. The number of rotatable bonds is 9. The van der Waals surface area contributed by atoms with Crippen molar-refractivity contribution in [3.63, 3.8) is 0 Å². The summed E-state index contributed by atoms with van der Waals surface area (Å²) in [6.45, 7) is 4.28. The molecule has 4 aromatic rings. The summed E-state index contributed by atoms with van der Waals surface area (Å²) in [6, 6.07) is 9.32. The predicted octanol–water partition coefficient (Wildman–Crippen LogP) is 4.34. The maximum Gasteiger partial charge on any atom is 0.350 e. The molecule has 0 atom stereocenters. The number of fused-ring (bicyclic) bond motifs is 1. The number of aromatic nitrogens is 4. The molecule has 34 heavy (non-hydrogen) atoms. The van der Waals surface area contributed by atoms with Crippen LogP contribution >= 0.6 is 11.3 Å². The zero-order valence-electron chi connectivity index (χ0n) is 19.2. The van der Waals surface area contributed by atoms with Crippen LogP contribution in [0.2, 0.25) is 0 Å². The van der Waals surface area contributed by atoms with Crippen LogP contribution in [0.4, 0.5) is 16.9 Å². The molecule has 11 heteroatoms. The third-order valence-corrected chi connectivity index (χ3v) is 5.89. The molecule has 0 aliphatic carbocycles. The lowest BCUT2D eigenvalue weighted by atomic mass is 10.2. The number of ether oxygens (including phenoxy) is 3. The van der Waals surface area contributed by atoms with Gasteiger partial charge in [0.15, 0.2) is 16.6 Å². The molecule has 3 heterocycles. The molecule has 0 spiro atoms. The Morgan fingerprint density at radius 2 is 1.88 bits per heavy atom. The van der Waals surface area contributed by atoms with Crippen LogP contribution in [0.15, 0.2) is 36.5 Å². The van der Waals surface area contributed by atoms with Crippen molar-refractivity contribution in [1.29, 1.82) is 0 Å². The Bertz CT molecular complexity index is 1310. The van der Waals surface area contributed by atoms with Gasteiger partial charge >= 0.3 is 5.97 Å². The molecule has 2 N–H and O–H groups in total. The lowest BCUT2D eigenvalue weighted by Gasteiger charge is -2.14. The van der Waals surface area contributed by atoms with Crippen LogP contribution < -0.4 is 20.1 Å². The van der Waals surface area contributed by atoms with Gasteiger partial charge in [-0.1, -0.05) is 17.4 Å². The summed E-state index contributed by atoms with van der Waals surface area (Å²) in [5.74, 6) is 1.60. The Morgan fingerprint density at radius 3 is 2.59 bits per heavy atom. The Kier molecular flexibility index (Phi) is 7.02. The standard InChI is InChI=1S/C23H24N6O4S/c1-5-33-21(30)19-13(2)26-23(34-19)29-22-27-16-11-18(32-4)17(31-3)10-15(16)20(28-22)25-12-14-8-6-7-9-24-14/h6-11H,5,12H2,1-4H3,(H2,25,26,27,28,29). The fourth-order valence-corrected chi connectivity index (χ4v) is 4.11. The number of methoxy groups -OCH3 is 2. The number of carbonyl (C=O) groups is 1. The Hall–Kier alpha value is -3.99. The van der Waals surface area contributed by atoms with Crippen molar-refractivity contribution in [1.82, 2.24) is 19.9 Å². The average molecular weight is 481 g/mol. The first kappa shape index (κ1) is 23.2. The van der Waals surface area contributed by atoms with E-state index in [1.54, 1.807) is 40.3 Å². The normalized spacial score (nSPS) is 10.7. The van der Waals surface area contributed by atoms with Gasteiger partial charge in [-0.25, -0.2) is 14.8 Å². The van der Waals surface area contributed by atoms with E-state index in [2.05, 4.69) is 30.6 Å². The second-order valence-corrected chi connectivity index (χ2v) is 8.07. The summed E-state index contributed by atoms with van der Waals surface area (Å²) in [6.07, 6.45) is 1.74. The zero-order valence-corrected chi connectivity index (χ0v) is 20.0. The van der Waals surface area contributed by atoms with Gasteiger partial charge in [0, 0.05) is 17.6 Å². The van der Waals surface area contributed by atoms with Crippen molar-refractivity contribution in [3.8, 4) is 11.5 Å². The van der Waals surface area contributed by atoms with Crippen LogP contribution in [-0.2, 0) is 11.3 Å². The van der Waals surface area contributed by atoms with Gasteiger partial charge in [0.1, 0.15) is 10.7 Å². The average Bonchev–Trinajstić information content (AvgIpc) is 3.22. The highest BCUT2D eigenvalue weighted by Crippen LogP contribution is 2.35. The molecule has 0 amide bonds. The summed E-state index contributed by atoms with van der Waals surface area (Å²) in [7, 11) is 3.15. The van der Waals surface area contributed by atoms with E-state index < -0.39 is 5.97 Å². The van der Waals surface area contributed by atoms with Crippen molar-refractivity contribution in [2.45, 2.75) is 20.4 Å². The number of hydrogen-bond donors (Lipinski definition) is 2. The lowest BCUT2D eigenvalue weighted by Crippen LogP contribution is -2.07. The first-order valence-electron chi connectivity index (χ1n) is 10.5. The number of anilines is 3. The van der Waals surface area contributed by atoms with Gasteiger partial charge in [-0.15, -0.1) is 0 Å². The topological polar surface area (TPSA) is 120 Å². The summed E-state index contributed by atoms with van der Waals surface area (Å²) in [5, 5.41) is 7.67. The Labute approximate surface area is 200 Å². The van der Waals surface area contributed by atoms with Gasteiger partial charge in [0.2, 0.25) is 5.95 Å². The van der Waals surface area contributed by atoms with Crippen molar-refractivity contribution in [3.05, 3.63) is 52.8 Å².